The van der Waals surface area contributed by atoms with Gasteiger partial charge >= 0.3 is 32.9 Å². The zero-order chi connectivity index (χ0) is 26.9. The van der Waals surface area contributed by atoms with Crippen LogP contribution in [0.4, 0.5) is 9.59 Å². The van der Waals surface area contributed by atoms with E-state index in [-0.39, 0.29) is 26.4 Å². The standard InChI is InChI=1S/C21H37N3O10Si/c1-8-17(25)33-15-21(3,16-34-18(26)9-2)23-19(27)24(4)12-13-32-20(28)22-11-10-14-35(29-5,30-6)31-7/h8-9H,1-2,10-16H2,3-7H3,(H,22,28)(H,23,27). The van der Waals surface area contributed by atoms with Gasteiger partial charge in [0.05, 0.1) is 6.54 Å². The third kappa shape index (κ3) is 12.9. The normalized spacial score (nSPS) is 11.1. The highest BCUT2D eigenvalue weighted by Gasteiger charge is 2.37. The molecule has 0 spiro atoms. The van der Waals surface area contributed by atoms with E-state index in [4.69, 9.17) is 27.5 Å². The largest absolute Gasteiger partial charge is 0.500 e. The second-order valence-corrected chi connectivity index (χ2v) is 10.6. The van der Waals surface area contributed by atoms with Crippen LogP contribution < -0.4 is 10.6 Å². The molecule has 0 bridgehead atoms. The number of carbonyl (C=O) groups is 4. The number of nitrogens with zero attached hydrogens (tertiary/aromatic N) is 1. The molecule has 13 nitrogen and oxygen atoms in total. The summed E-state index contributed by atoms with van der Waals surface area (Å²) in [5, 5.41) is 5.24. The Bertz CT molecular complexity index is 698. The Morgan fingerprint density at radius 2 is 1.46 bits per heavy atom. The van der Waals surface area contributed by atoms with Crippen molar-refractivity contribution < 1.29 is 46.7 Å². The first kappa shape index (κ1) is 32.1. The summed E-state index contributed by atoms with van der Waals surface area (Å²) in [5.74, 6) is -1.40. The molecule has 0 aliphatic rings. The topological polar surface area (TPSA) is 151 Å². The van der Waals surface area contributed by atoms with E-state index < -0.39 is 38.4 Å². The molecule has 0 saturated carbocycles. The van der Waals surface area contributed by atoms with E-state index in [9.17, 15) is 19.2 Å². The predicted octanol–water partition coefficient (Wildman–Crippen LogP) is 0.839. The average Bonchev–Trinajstić information content (AvgIpc) is 2.86. The maximum atomic E-state index is 12.6. The molecule has 35 heavy (non-hydrogen) atoms. The molecule has 0 atom stereocenters. The highest BCUT2D eigenvalue weighted by molar-refractivity contribution is 6.60. The molecule has 0 aromatic rings. The Morgan fingerprint density at radius 3 is 1.91 bits per heavy atom. The van der Waals surface area contributed by atoms with Gasteiger partial charge in [0, 0.05) is 53.1 Å². The zero-order valence-electron chi connectivity index (χ0n) is 21.0. The van der Waals surface area contributed by atoms with E-state index in [1.165, 1.54) is 40.2 Å². The minimum atomic E-state index is -2.70. The van der Waals surface area contributed by atoms with Crippen LogP contribution >= 0.6 is 0 Å². The lowest BCUT2D eigenvalue weighted by atomic mass is 10.1. The number of likely N-dealkylation sites (N-methyl/N-ethyl adjacent to an activating group) is 1. The van der Waals surface area contributed by atoms with Gasteiger partial charge in [0.25, 0.3) is 0 Å². The minimum Gasteiger partial charge on any atom is -0.460 e. The molecule has 0 aromatic carbocycles. The first-order chi connectivity index (χ1) is 16.5. The smallest absolute Gasteiger partial charge is 0.460 e. The summed E-state index contributed by atoms with van der Waals surface area (Å²) in [4.78, 5) is 48.5. The number of nitrogens with one attached hydrogen (secondary N) is 2. The van der Waals surface area contributed by atoms with Crippen molar-refractivity contribution in [2.75, 3.05) is 61.3 Å². The van der Waals surface area contributed by atoms with Gasteiger partial charge in [-0.05, 0) is 13.3 Å². The lowest BCUT2D eigenvalue weighted by Crippen LogP contribution is -2.56. The number of amides is 3. The van der Waals surface area contributed by atoms with Crippen molar-refractivity contribution in [3.05, 3.63) is 25.3 Å². The van der Waals surface area contributed by atoms with Crippen LogP contribution in [0.15, 0.2) is 25.3 Å². The average molecular weight is 520 g/mol. The molecule has 14 heteroatoms. The van der Waals surface area contributed by atoms with Crippen LogP contribution in [0.3, 0.4) is 0 Å². The van der Waals surface area contributed by atoms with Crippen molar-refractivity contribution in [2.45, 2.75) is 24.9 Å². The van der Waals surface area contributed by atoms with E-state index in [2.05, 4.69) is 23.8 Å². The molecule has 0 rings (SSSR count). The van der Waals surface area contributed by atoms with Crippen LogP contribution in [0.5, 0.6) is 0 Å². The van der Waals surface area contributed by atoms with E-state index >= 15 is 0 Å². The lowest BCUT2D eigenvalue weighted by Gasteiger charge is -2.31. The number of hydrogen-bond acceptors (Lipinski definition) is 10. The number of esters is 2. The molecule has 3 amide bonds. The summed E-state index contributed by atoms with van der Waals surface area (Å²) in [7, 11) is 3.31. The summed E-state index contributed by atoms with van der Waals surface area (Å²) in [6.07, 6.45) is 1.86. The van der Waals surface area contributed by atoms with Crippen molar-refractivity contribution >= 4 is 32.9 Å². The van der Waals surface area contributed by atoms with Crippen molar-refractivity contribution in [3.63, 3.8) is 0 Å². The van der Waals surface area contributed by atoms with Gasteiger partial charge in [-0.3, -0.25) is 0 Å². The third-order valence-corrected chi connectivity index (χ3v) is 7.51. The monoisotopic (exact) mass is 519 g/mol. The molecule has 0 aliphatic carbocycles. The van der Waals surface area contributed by atoms with Crippen molar-refractivity contribution in [1.29, 1.82) is 0 Å². The predicted molar refractivity (Wildman–Crippen MR) is 127 cm³/mol. The minimum absolute atomic E-state index is 0.0707. The van der Waals surface area contributed by atoms with Crippen molar-refractivity contribution in [2.24, 2.45) is 0 Å². The van der Waals surface area contributed by atoms with Crippen LogP contribution in [0.2, 0.25) is 6.04 Å². The van der Waals surface area contributed by atoms with Crippen LogP contribution in [-0.4, -0.2) is 105 Å². The second-order valence-electron chi connectivity index (χ2n) is 7.50. The number of hydrogen-bond donors (Lipinski definition) is 2. The molecule has 0 fully saturated rings. The Labute approximate surface area is 207 Å². The highest BCUT2D eigenvalue weighted by Crippen LogP contribution is 2.14. The van der Waals surface area contributed by atoms with E-state index in [1.807, 2.05) is 0 Å². The van der Waals surface area contributed by atoms with E-state index in [1.54, 1.807) is 0 Å². The molecule has 200 valence electrons. The van der Waals surface area contributed by atoms with Gasteiger partial charge in [0.1, 0.15) is 25.4 Å². The molecule has 0 heterocycles. The van der Waals surface area contributed by atoms with Crippen LogP contribution in [-0.2, 0) is 37.1 Å². The Kier molecular flexibility index (Phi) is 15.2. The fraction of sp³-hybridized carbons (Fsp3) is 0.619. The van der Waals surface area contributed by atoms with Gasteiger partial charge in [0.15, 0.2) is 0 Å². The molecule has 0 unspecified atom stereocenters. The van der Waals surface area contributed by atoms with Gasteiger partial charge < -0.3 is 43.0 Å². The molecule has 2 N–H and O–H groups in total. The third-order valence-electron chi connectivity index (χ3n) is 4.68. The molecular weight excluding hydrogens is 482 g/mol. The first-order valence-electron chi connectivity index (χ1n) is 10.7. The fourth-order valence-corrected chi connectivity index (χ4v) is 4.25. The first-order valence-corrected chi connectivity index (χ1v) is 12.6. The van der Waals surface area contributed by atoms with Crippen LogP contribution in [0.25, 0.3) is 0 Å². The summed E-state index contributed by atoms with van der Waals surface area (Å²) in [5.41, 5.74) is -1.23. The Morgan fingerprint density at radius 1 is 0.943 bits per heavy atom. The lowest BCUT2D eigenvalue weighted by molar-refractivity contribution is -0.144. The molecular formula is C21H37N3O10Si. The maximum Gasteiger partial charge on any atom is 0.500 e. The number of ether oxygens (including phenoxy) is 3. The summed E-state index contributed by atoms with van der Waals surface area (Å²) in [6, 6.07) is -0.0522. The van der Waals surface area contributed by atoms with Crippen molar-refractivity contribution in [1.82, 2.24) is 15.5 Å². The molecule has 0 aliphatic heterocycles. The van der Waals surface area contributed by atoms with Gasteiger partial charge in [-0.25, -0.2) is 19.2 Å². The Balaban J connectivity index is 4.56. The van der Waals surface area contributed by atoms with Gasteiger partial charge in [-0.1, -0.05) is 13.2 Å². The summed E-state index contributed by atoms with van der Waals surface area (Å²) >= 11 is 0. The number of alkyl carbamates (subject to hydrolysis) is 1. The summed E-state index contributed by atoms with van der Waals surface area (Å²) < 4.78 is 31.0. The maximum absolute atomic E-state index is 12.6. The quantitative estimate of drug-likeness (QED) is 0.0930. The number of urea groups is 1. The van der Waals surface area contributed by atoms with Crippen LogP contribution in [0.1, 0.15) is 13.3 Å². The van der Waals surface area contributed by atoms with Crippen molar-refractivity contribution in [3.8, 4) is 0 Å². The van der Waals surface area contributed by atoms with Gasteiger partial charge in [-0.2, -0.15) is 0 Å². The molecule has 0 radical (unpaired) electrons. The number of rotatable bonds is 17. The van der Waals surface area contributed by atoms with E-state index in [0.717, 1.165) is 12.2 Å². The van der Waals surface area contributed by atoms with E-state index in [0.29, 0.717) is 19.0 Å². The Hall–Kier alpha value is -2.94. The molecule has 0 aromatic heterocycles. The molecule has 0 saturated heterocycles. The van der Waals surface area contributed by atoms with Gasteiger partial charge in [0.2, 0.25) is 0 Å². The van der Waals surface area contributed by atoms with Gasteiger partial charge in [-0.15, -0.1) is 0 Å². The second kappa shape index (κ2) is 16.6. The fourth-order valence-electron chi connectivity index (χ4n) is 2.53. The number of carbonyl (C=O) groups excluding carboxylic acids is 4. The summed E-state index contributed by atoms with van der Waals surface area (Å²) in [6.45, 7) is 7.90. The SMILES string of the molecule is C=CC(=O)OCC(C)(COC(=O)C=C)NC(=O)N(C)CCOC(=O)NCCC[Si](OC)(OC)OC. The highest BCUT2D eigenvalue weighted by atomic mass is 28.4. The van der Waals surface area contributed by atoms with Crippen LogP contribution in [0, 0.1) is 0 Å². The zero-order valence-corrected chi connectivity index (χ0v) is 22.0.